The Labute approximate surface area is 91.3 Å². The summed E-state index contributed by atoms with van der Waals surface area (Å²) in [7, 11) is 0. The van der Waals surface area contributed by atoms with E-state index in [9.17, 15) is 0 Å². The summed E-state index contributed by atoms with van der Waals surface area (Å²) >= 11 is 2.36. The van der Waals surface area contributed by atoms with Crippen LogP contribution in [0.2, 0.25) is 0 Å². The van der Waals surface area contributed by atoms with Gasteiger partial charge in [-0.2, -0.15) is 0 Å². The maximum absolute atomic E-state index is 4.28. The quantitative estimate of drug-likeness (QED) is 0.675. The highest BCUT2D eigenvalue weighted by Crippen LogP contribution is 2.22. The van der Waals surface area contributed by atoms with Crippen LogP contribution in [0.3, 0.4) is 0 Å². The fourth-order valence-corrected chi connectivity index (χ4v) is 1.91. The molecule has 0 saturated heterocycles. The van der Waals surface area contributed by atoms with E-state index in [0.717, 1.165) is 5.69 Å². The SMILES string of the molecule is Cc1cc2c(C)c(I)ccc2cn1. The lowest BCUT2D eigenvalue weighted by Gasteiger charge is -2.04. The number of hydrogen-bond acceptors (Lipinski definition) is 1. The van der Waals surface area contributed by atoms with Gasteiger partial charge >= 0.3 is 0 Å². The Hall–Kier alpha value is -0.640. The second-order valence-electron chi connectivity index (χ2n) is 3.22. The number of fused-ring (bicyclic) bond motifs is 1. The zero-order valence-electron chi connectivity index (χ0n) is 7.63. The van der Waals surface area contributed by atoms with Crippen LogP contribution in [0.4, 0.5) is 0 Å². The number of nitrogens with zero attached hydrogens (tertiary/aromatic N) is 1. The molecule has 0 bridgehead atoms. The van der Waals surface area contributed by atoms with Crippen molar-refractivity contribution in [1.82, 2.24) is 4.98 Å². The van der Waals surface area contributed by atoms with Gasteiger partial charge in [0.25, 0.3) is 0 Å². The molecule has 0 saturated carbocycles. The van der Waals surface area contributed by atoms with Crippen molar-refractivity contribution in [2.75, 3.05) is 0 Å². The van der Waals surface area contributed by atoms with Crippen LogP contribution in [0.15, 0.2) is 24.4 Å². The molecular formula is C11H10IN. The van der Waals surface area contributed by atoms with Gasteiger partial charge in [-0.15, -0.1) is 0 Å². The third kappa shape index (κ3) is 1.55. The van der Waals surface area contributed by atoms with Crippen LogP contribution in [-0.2, 0) is 0 Å². The summed E-state index contributed by atoms with van der Waals surface area (Å²) in [6, 6.07) is 6.40. The topological polar surface area (TPSA) is 12.9 Å². The van der Waals surface area contributed by atoms with Crippen LogP contribution in [-0.4, -0.2) is 4.98 Å². The van der Waals surface area contributed by atoms with E-state index in [1.165, 1.54) is 19.9 Å². The zero-order valence-corrected chi connectivity index (χ0v) is 9.79. The molecule has 13 heavy (non-hydrogen) atoms. The highest BCUT2D eigenvalue weighted by Gasteiger charge is 2.01. The summed E-state index contributed by atoms with van der Waals surface area (Å²) in [4.78, 5) is 4.28. The van der Waals surface area contributed by atoms with Crippen LogP contribution in [0.1, 0.15) is 11.3 Å². The van der Waals surface area contributed by atoms with E-state index in [1.807, 2.05) is 13.1 Å². The molecule has 0 radical (unpaired) electrons. The molecule has 0 aliphatic rings. The van der Waals surface area contributed by atoms with E-state index < -0.39 is 0 Å². The minimum atomic E-state index is 1.08. The molecule has 0 atom stereocenters. The van der Waals surface area contributed by atoms with Crippen molar-refractivity contribution in [3.63, 3.8) is 0 Å². The highest BCUT2D eigenvalue weighted by molar-refractivity contribution is 14.1. The van der Waals surface area contributed by atoms with Gasteiger partial charge in [0.2, 0.25) is 0 Å². The molecule has 1 nitrogen and oxygen atoms in total. The van der Waals surface area contributed by atoms with Crippen LogP contribution in [0, 0.1) is 17.4 Å². The van der Waals surface area contributed by atoms with Gasteiger partial charge in [0.1, 0.15) is 0 Å². The van der Waals surface area contributed by atoms with Gasteiger partial charge in [-0.05, 0) is 59.5 Å². The minimum absolute atomic E-state index is 1.08. The normalized spacial score (nSPS) is 10.7. The monoisotopic (exact) mass is 283 g/mol. The number of aromatic nitrogens is 1. The molecule has 0 amide bonds. The maximum atomic E-state index is 4.28. The standard InChI is InChI=1S/C11H10IN/c1-7-5-10-8(2)11(12)4-3-9(10)6-13-7/h3-6H,1-2H3. The van der Waals surface area contributed by atoms with Gasteiger partial charge in [-0.3, -0.25) is 4.98 Å². The van der Waals surface area contributed by atoms with Crippen molar-refractivity contribution < 1.29 is 0 Å². The third-order valence-electron chi connectivity index (χ3n) is 2.24. The molecule has 0 unspecified atom stereocenters. The van der Waals surface area contributed by atoms with Crippen molar-refractivity contribution in [2.45, 2.75) is 13.8 Å². The Morgan fingerprint density at radius 2 is 2.00 bits per heavy atom. The lowest BCUT2D eigenvalue weighted by atomic mass is 10.1. The summed E-state index contributed by atoms with van der Waals surface area (Å²) in [6.07, 6.45) is 1.94. The number of halogens is 1. The van der Waals surface area contributed by atoms with E-state index in [2.05, 4.69) is 52.7 Å². The first-order valence-electron chi connectivity index (χ1n) is 4.20. The van der Waals surface area contributed by atoms with Gasteiger partial charge < -0.3 is 0 Å². The molecule has 0 fully saturated rings. The largest absolute Gasteiger partial charge is 0.261 e. The lowest BCUT2D eigenvalue weighted by Crippen LogP contribution is -1.86. The molecule has 0 spiro atoms. The van der Waals surface area contributed by atoms with Crippen molar-refractivity contribution in [3.8, 4) is 0 Å². The predicted molar refractivity (Wildman–Crippen MR) is 63.9 cm³/mol. The first kappa shape index (κ1) is 8.94. The molecule has 66 valence electrons. The predicted octanol–water partition coefficient (Wildman–Crippen LogP) is 3.46. The van der Waals surface area contributed by atoms with E-state index in [4.69, 9.17) is 0 Å². The summed E-state index contributed by atoms with van der Waals surface area (Å²) < 4.78 is 1.32. The van der Waals surface area contributed by atoms with E-state index in [-0.39, 0.29) is 0 Å². The average Bonchev–Trinajstić information content (AvgIpc) is 2.12. The van der Waals surface area contributed by atoms with E-state index >= 15 is 0 Å². The number of hydrogen-bond donors (Lipinski definition) is 0. The third-order valence-corrected chi connectivity index (χ3v) is 3.41. The maximum Gasteiger partial charge on any atom is 0.0379 e. The van der Waals surface area contributed by atoms with Crippen LogP contribution in [0.25, 0.3) is 10.8 Å². The van der Waals surface area contributed by atoms with Crippen LogP contribution < -0.4 is 0 Å². The molecule has 1 heterocycles. The second-order valence-corrected chi connectivity index (χ2v) is 4.38. The smallest absolute Gasteiger partial charge is 0.0379 e. The number of pyridine rings is 1. The molecule has 2 heteroatoms. The molecular weight excluding hydrogens is 273 g/mol. The Balaban J connectivity index is 2.89. The van der Waals surface area contributed by atoms with E-state index in [0.29, 0.717) is 0 Å². The molecule has 2 rings (SSSR count). The first-order valence-corrected chi connectivity index (χ1v) is 5.28. The number of benzene rings is 1. The van der Waals surface area contributed by atoms with Crippen molar-refractivity contribution in [2.24, 2.45) is 0 Å². The fourth-order valence-electron chi connectivity index (χ4n) is 1.44. The average molecular weight is 283 g/mol. The van der Waals surface area contributed by atoms with Crippen molar-refractivity contribution >= 4 is 33.4 Å². The van der Waals surface area contributed by atoms with Gasteiger partial charge in [0.05, 0.1) is 0 Å². The lowest BCUT2D eigenvalue weighted by molar-refractivity contribution is 1.22. The van der Waals surface area contributed by atoms with Gasteiger partial charge in [0.15, 0.2) is 0 Å². The first-order chi connectivity index (χ1) is 6.18. The molecule has 0 aliphatic heterocycles. The second kappa shape index (κ2) is 3.25. The van der Waals surface area contributed by atoms with Gasteiger partial charge in [-0.25, -0.2) is 0 Å². The van der Waals surface area contributed by atoms with Crippen LogP contribution in [0.5, 0.6) is 0 Å². The van der Waals surface area contributed by atoms with Gasteiger partial charge in [0, 0.05) is 20.8 Å². The van der Waals surface area contributed by atoms with Crippen molar-refractivity contribution in [3.05, 3.63) is 39.2 Å². The highest BCUT2D eigenvalue weighted by atomic mass is 127. The Kier molecular flexibility index (Phi) is 2.24. The molecule has 0 aliphatic carbocycles. The van der Waals surface area contributed by atoms with Gasteiger partial charge in [-0.1, -0.05) is 6.07 Å². The molecule has 0 N–H and O–H groups in total. The fraction of sp³-hybridized carbons (Fsp3) is 0.182. The Bertz CT molecular complexity index is 458. The minimum Gasteiger partial charge on any atom is -0.261 e. The van der Waals surface area contributed by atoms with Crippen LogP contribution >= 0.6 is 22.6 Å². The summed E-state index contributed by atoms with van der Waals surface area (Å²) in [5, 5.41) is 2.54. The van der Waals surface area contributed by atoms with Crippen molar-refractivity contribution in [1.29, 1.82) is 0 Å². The van der Waals surface area contributed by atoms with E-state index in [1.54, 1.807) is 0 Å². The summed E-state index contributed by atoms with van der Waals surface area (Å²) in [5.74, 6) is 0. The number of aryl methyl sites for hydroxylation is 2. The zero-order chi connectivity index (χ0) is 9.42. The Morgan fingerprint density at radius 3 is 2.77 bits per heavy atom. The molecule has 1 aromatic carbocycles. The molecule has 1 aromatic heterocycles. The number of rotatable bonds is 0. The summed E-state index contributed by atoms with van der Waals surface area (Å²) in [6.45, 7) is 4.18. The molecule has 2 aromatic rings. The summed E-state index contributed by atoms with van der Waals surface area (Å²) in [5.41, 5.74) is 2.43. The Morgan fingerprint density at radius 1 is 1.23 bits per heavy atom.